The first-order valence-corrected chi connectivity index (χ1v) is 13.5. The van der Waals surface area contributed by atoms with Gasteiger partial charge in [-0.2, -0.15) is 0 Å². The Labute approximate surface area is 230 Å². The van der Waals surface area contributed by atoms with Crippen LogP contribution in [0, 0.1) is 11.8 Å². The molecule has 1 aromatic heterocycles. The van der Waals surface area contributed by atoms with Crippen LogP contribution in [0.25, 0.3) is 10.9 Å². The number of halogens is 2. The Morgan fingerprint density at radius 2 is 1.87 bits per heavy atom. The van der Waals surface area contributed by atoms with Gasteiger partial charge in [0.05, 0.1) is 19.3 Å². The number of nitrogens with one attached hydrogen (secondary N) is 1. The Kier molecular flexibility index (Phi) is 7.10. The van der Waals surface area contributed by atoms with Gasteiger partial charge in [-0.25, -0.2) is 4.79 Å². The van der Waals surface area contributed by atoms with E-state index in [1.54, 1.807) is 24.3 Å². The first-order valence-electron chi connectivity index (χ1n) is 12.8. The number of aromatic nitrogens is 1. The second-order valence-corrected chi connectivity index (χ2v) is 10.6. The minimum absolute atomic E-state index is 0.0123. The Morgan fingerprint density at radius 1 is 1.11 bits per heavy atom. The summed E-state index contributed by atoms with van der Waals surface area (Å²) in [5.41, 5.74) is 3.19. The van der Waals surface area contributed by atoms with E-state index in [9.17, 15) is 4.79 Å². The standard InChI is InChI=1S/C29H28Cl2N2O5/c1-17-14-21(37-16-26-35-12-13-36-26)7-8-22(17)28-27-23(24-15-19(31)4-9-25(24)32-27)10-11-33(28)29(34)38-20-5-2-18(30)3-6-20/h2-9,14-15,17,22,26,28,32H,10-13,16H2,1H3. The van der Waals surface area contributed by atoms with Crippen molar-refractivity contribution in [3.8, 4) is 5.75 Å². The molecular weight excluding hydrogens is 527 g/mol. The highest BCUT2D eigenvalue weighted by Gasteiger charge is 2.41. The molecule has 0 spiro atoms. The predicted octanol–water partition coefficient (Wildman–Crippen LogP) is 6.67. The topological polar surface area (TPSA) is 73.0 Å². The molecule has 9 heteroatoms. The molecule has 3 heterocycles. The molecule has 7 nitrogen and oxygen atoms in total. The zero-order valence-corrected chi connectivity index (χ0v) is 22.4. The van der Waals surface area contributed by atoms with Crippen LogP contribution in [-0.2, 0) is 20.6 Å². The normalized spacial score (nSPS) is 23.4. The van der Waals surface area contributed by atoms with Crippen LogP contribution < -0.4 is 4.74 Å². The molecule has 1 N–H and O–H groups in total. The fourth-order valence-electron chi connectivity index (χ4n) is 5.52. The number of hydrogen-bond acceptors (Lipinski definition) is 5. The van der Waals surface area contributed by atoms with Crippen LogP contribution >= 0.6 is 23.2 Å². The molecule has 1 amide bonds. The summed E-state index contributed by atoms with van der Waals surface area (Å²) < 4.78 is 22.7. The number of H-pyrrole nitrogens is 1. The number of rotatable bonds is 5. The molecule has 1 saturated heterocycles. The summed E-state index contributed by atoms with van der Waals surface area (Å²) in [5.74, 6) is 1.29. The maximum absolute atomic E-state index is 13.5. The maximum Gasteiger partial charge on any atom is 0.415 e. The number of allylic oxidation sites excluding steroid dienone is 2. The van der Waals surface area contributed by atoms with E-state index in [-0.39, 0.29) is 24.2 Å². The number of benzene rings is 2. The zero-order valence-electron chi connectivity index (χ0n) is 20.9. The van der Waals surface area contributed by atoms with E-state index < -0.39 is 6.09 Å². The average Bonchev–Trinajstić information content (AvgIpc) is 3.56. The first-order chi connectivity index (χ1) is 18.5. The number of amides is 1. The second-order valence-electron chi connectivity index (χ2n) is 9.76. The van der Waals surface area contributed by atoms with E-state index in [0.717, 1.165) is 22.4 Å². The molecule has 1 aliphatic carbocycles. The van der Waals surface area contributed by atoms with Gasteiger partial charge in [-0.05, 0) is 72.5 Å². The van der Waals surface area contributed by atoms with Gasteiger partial charge in [0.2, 0.25) is 0 Å². The number of carbonyl (C=O) groups excluding carboxylic acids is 1. The van der Waals surface area contributed by atoms with Crippen LogP contribution in [0.5, 0.6) is 5.75 Å². The van der Waals surface area contributed by atoms with Gasteiger partial charge in [-0.1, -0.05) is 36.2 Å². The molecule has 3 aliphatic rings. The van der Waals surface area contributed by atoms with Crippen LogP contribution in [0.1, 0.15) is 24.2 Å². The van der Waals surface area contributed by atoms with Gasteiger partial charge in [-0.3, -0.25) is 4.90 Å². The molecule has 0 radical (unpaired) electrons. The van der Waals surface area contributed by atoms with E-state index in [2.05, 4.69) is 24.1 Å². The molecule has 3 unspecified atom stereocenters. The second kappa shape index (κ2) is 10.7. The van der Waals surface area contributed by atoms with Crippen molar-refractivity contribution in [2.45, 2.75) is 25.7 Å². The van der Waals surface area contributed by atoms with Gasteiger partial charge in [0.1, 0.15) is 18.1 Å². The van der Waals surface area contributed by atoms with Crippen molar-refractivity contribution in [2.24, 2.45) is 11.8 Å². The highest BCUT2D eigenvalue weighted by molar-refractivity contribution is 6.31. The summed E-state index contributed by atoms with van der Waals surface area (Å²) >= 11 is 12.4. The van der Waals surface area contributed by atoms with Gasteiger partial charge in [0, 0.05) is 39.1 Å². The van der Waals surface area contributed by atoms with Crippen LogP contribution in [-0.4, -0.2) is 48.6 Å². The summed E-state index contributed by atoms with van der Waals surface area (Å²) in [7, 11) is 0. The lowest BCUT2D eigenvalue weighted by atomic mass is 9.79. The van der Waals surface area contributed by atoms with Crippen molar-refractivity contribution in [2.75, 3.05) is 26.4 Å². The number of ether oxygens (including phenoxy) is 4. The molecular formula is C29H28Cl2N2O5. The Hall–Kier alpha value is -2.97. The zero-order chi connectivity index (χ0) is 26.2. The maximum atomic E-state index is 13.5. The average molecular weight is 555 g/mol. The summed E-state index contributed by atoms with van der Waals surface area (Å²) in [5, 5.41) is 2.36. The quantitative estimate of drug-likeness (QED) is 0.381. The lowest BCUT2D eigenvalue weighted by Gasteiger charge is -2.41. The van der Waals surface area contributed by atoms with Crippen LogP contribution in [0.15, 0.2) is 66.5 Å². The van der Waals surface area contributed by atoms with E-state index in [4.69, 9.17) is 42.1 Å². The predicted molar refractivity (Wildman–Crippen MR) is 145 cm³/mol. The minimum Gasteiger partial charge on any atom is -0.489 e. The van der Waals surface area contributed by atoms with Gasteiger partial charge in [-0.15, -0.1) is 0 Å². The van der Waals surface area contributed by atoms with Crippen molar-refractivity contribution in [3.05, 3.63) is 87.8 Å². The molecule has 3 atom stereocenters. The SMILES string of the molecule is CC1C=C(OCC2OCCO2)C=CC1C1c2[nH]c3ccc(Cl)cc3c2CCN1C(=O)Oc1ccc(Cl)cc1. The molecule has 38 heavy (non-hydrogen) atoms. The van der Waals surface area contributed by atoms with Gasteiger partial charge < -0.3 is 23.9 Å². The lowest BCUT2D eigenvalue weighted by molar-refractivity contribution is -0.0809. The molecule has 6 rings (SSSR count). The van der Waals surface area contributed by atoms with Gasteiger partial charge in [0.15, 0.2) is 6.29 Å². The van der Waals surface area contributed by atoms with Crippen molar-refractivity contribution < 1.29 is 23.7 Å². The smallest absolute Gasteiger partial charge is 0.415 e. The van der Waals surface area contributed by atoms with E-state index in [1.165, 1.54) is 5.56 Å². The number of fused-ring (bicyclic) bond motifs is 3. The summed E-state index contributed by atoms with van der Waals surface area (Å²) in [6.07, 6.45) is 6.14. The van der Waals surface area contributed by atoms with E-state index in [1.807, 2.05) is 29.2 Å². The number of nitrogens with zero attached hydrogens (tertiary/aromatic N) is 1. The largest absolute Gasteiger partial charge is 0.489 e. The van der Waals surface area contributed by atoms with Crippen LogP contribution in [0.4, 0.5) is 4.79 Å². The highest BCUT2D eigenvalue weighted by atomic mass is 35.5. The Bertz CT molecular complexity index is 1390. The van der Waals surface area contributed by atoms with Crippen LogP contribution in [0.2, 0.25) is 10.0 Å². The highest BCUT2D eigenvalue weighted by Crippen LogP contribution is 2.44. The molecule has 198 valence electrons. The third-order valence-corrected chi connectivity index (χ3v) is 7.83. The molecule has 0 bridgehead atoms. The Balaban J connectivity index is 1.30. The summed E-state index contributed by atoms with van der Waals surface area (Å²) in [4.78, 5) is 19.0. The summed E-state index contributed by atoms with van der Waals surface area (Å²) in [6.45, 7) is 4.16. The van der Waals surface area contributed by atoms with Crippen molar-refractivity contribution in [3.63, 3.8) is 0 Å². The molecule has 0 saturated carbocycles. The third-order valence-electron chi connectivity index (χ3n) is 7.35. The summed E-state index contributed by atoms with van der Waals surface area (Å²) in [6, 6.07) is 12.4. The number of carbonyl (C=O) groups is 1. The molecule has 3 aromatic rings. The van der Waals surface area contributed by atoms with Crippen molar-refractivity contribution in [1.29, 1.82) is 0 Å². The number of aromatic amines is 1. The molecule has 2 aromatic carbocycles. The van der Waals surface area contributed by atoms with E-state index >= 15 is 0 Å². The van der Waals surface area contributed by atoms with Gasteiger partial charge in [0.25, 0.3) is 0 Å². The fourth-order valence-corrected chi connectivity index (χ4v) is 5.82. The fraction of sp³-hybridized carbons (Fsp3) is 0.345. The lowest BCUT2D eigenvalue weighted by Crippen LogP contribution is -2.45. The Morgan fingerprint density at radius 3 is 2.63 bits per heavy atom. The van der Waals surface area contributed by atoms with Crippen molar-refractivity contribution >= 4 is 40.2 Å². The van der Waals surface area contributed by atoms with Gasteiger partial charge >= 0.3 is 6.09 Å². The van der Waals surface area contributed by atoms with Crippen molar-refractivity contribution in [1.82, 2.24) is 9.88 Å². The monoisotopic (exact) mass is 554 g/mol. The molecule has 1 fully saturated rings. The first kappa shape index (κ1) is 25.3. The third kappa shape index (κ3) is 5.04. The number of hydrogen-bond donors (Lipinski definition) is 1. The minimum atomic E-state index is -0.401. The molecule has 2 aliphatic heterocycles. The van der Waals surface area contributed by atoms with E-state index in [0.29, 0.717) is 48.6 Å². The van der Waals surface area contributed by atoms with Crippen LogP contribution in [0.3, 0.4) is 0 Å².